The Kier molecular flexibility index (Phi) is 7.13. The number of hydrogen-bond acceptors (Lipinski definition) is 4. The summed E-state index contributed by atoms with van der Waals surface area (Å²) in [5.41, 5.74) is 1.11. The normalized spacial score (nSPS) is 18.4. The van der Waals surface area contributed by atoms with E-state index in [4.69, 9.17) is 9.47 Å². The largest absolute Gasteiger partial charge is 0.496 e. The van der Waals surface area contributed by atoms with Gasteiger partial charge in [0.15, 0.2) is 0 Å². The number of hydrogen-bond donors (Lipinski definition) is 0. The first kappa shape index (κ1) is 20.1. The molecule has 0 aromatic heterocycles. The van der Waals surface area contributed by atoms with Crippen molar-refractivity contribution < 1.29 is 19.1 Å². The number of halogens is 1. The van der Waals surface area contributed by atoms with Crippen molar-refractivity contribution in [3.8, 4) is 5.75 Å². The summed E-state index contributed by atoms with van der Waals surface area (Å²) in [5, 5.41) is 0. The van der Waals surface area contributed by atoms with Crippen molar-refractivity contribution in [1.82, 2.24) is 9.80 Å². The second-order valence-corrected chi connectivity index (χ2v) is 7.92. The number of aryl methyl sites for hydroxylation is 1. The number of methoxy groups -OCH3 is 1. The number of piperidine rings is 1. The van der Waals surface area contributed by atoms with Gasteiger partial charge in [0, 0.05) is 38.5 Å². The van der Waals surface area contributed by atoms with Crippen molar-refractivity contribution in [3.05, 3.63) is 28.2 Å². The number of morpholine rings is 1. The van der Waals surface area contributed by atoms with Crippen LogP contribution >= 0.6 is 15.9 Å². The van der Waals surface area contributed by atoms with Gasteiger partial charge in [0.2, 0.25) is 11.8 Å². The molecule has 0 aliphatic carbocycles. The van der Waals surface area contributed by atoms with Crippen LogP contribution in [0.3, 0.4) is 0 Å². The zero-order valence-electron chi connectivity index (χ0n) is 15.8. The van der Waals surface area contributed by atoms with E-state index in [0.29, 0.717) is 52.2 Å². The maximum atomic E-state index is 12.6. The third kappa shape index (κ3) is 5.23. The predicted molar refractivity (Wildman–Crippen MR) is 106 cm³/mol. The Balaban J connectivity index is 1.44. The molecule has 3 rings (SSSR count). The van der Waals surface area contributed by atoms with Crippen molar-refractivity contribution in [2.75, 3.05) is 46.5 Å². The highest BCUT2D eigenvalue weighted by Crippen LogP contribution is 2.26. The predicted octanol–water partition coefficient (Wildman–Crippen LogP) is 2.49. The van der Waals surface area contributed by atoms with Crippen LogP contribution in [0.5, 0.6) is 5.75 Å². The molecule has 0 radical (unpaired) electrons. The van der Waals surface area contributed by atoms with Gasteiger partial charge < -0.3 is 19.3 Å². The number of benzene rings is 1. The van der Waals surface area contributed by atoms with Crippen molar-refractivity contribution in [3.63, 3.8) is 0 Å². The van der Waals surface area contributed by atoms with E-state index in [0.717, 1.165) is 28.6 Å². The van der Waals surface area contributed by atoms with Gasteiger partial charge in [-0.1, -0.05) is 6.07 Å². The molecule has 0 bridgehead atoms. The highest BCUT2D eigenvalue weighted by Gasteiger charge is 2.30. The zero-order chi connectivity index (χ0) is 19.2. The first-order chi connectivity index (χ1) is 13.1. The van der Waals surface area contributed by atoms with E-state index in [1.165, 1.54) is 0 Å². The molecule has 2 heterocycles. The van der Waals surface area contributed by atoms with Gasteiger partial charge in [-0.2, -0.15) is 0 Å². The highest BCUT2D eigenvalue weighted by atomic mass is 79.9. The molecule has 0 atom stereocenters. The van der Waals surface area contributed by atoms with E-state index in [2.05, 4.69) is 15.9 Å². The van der Waals surface area contributed by atoms with E-state index in [-0.39, 0.29) is 17.7 Å². The van der Waals surface area contributed by atoms with Crippen LogP contribution in [0.2, 0.25) is 0 Å². The van der Waals surface area contributed by atoms with Crippen LogP contribution in [-0.2, 0) is 20.7 Å². The van der Waals surface area contributed by atoms with Gasteiger partial charge in [-0.05, 0) is 52.9 Å². The summed E-state index contributed by atoms with van der Waals surface area (Å²) in [4.78, 5) is 28.9. The molecule has 148 valence electrons. The molecule has 2 amide bonds. The summed E-state index contributed by atoms with van der Waals surface area (Å²) < 4.78 is 11.4. The fourth-order valence-electron chi connectivity index (χ4n) is 3.69. The molecule has 0 spiro atoms. The number of nitrogens with zero attached hydrogens (tertiary/aromatic N) is 2. The Labute approximate surface area is 168 Å². The molecule has 1 aromatic carbocycles. The van der Waals surface area contributed by atoms with Crippen LogP contribution in [0.4, 0.5) is 0 Å². The van der Waals surface area contributed by atoms with E-state index >= 15 is 0 Å². The number of carbonyl (C=O) groups is 2. The molecule has 0 unspecified atom stereocenters. The molecule has 7 heteroatoms. The first-order valence-corrected chi connectivity index (χ1v) is 10.3. The molecular formula is C20H27BrN2O4. The second kappa shape index (κ2) is 9.55. The van der Waals surface area contributed by atoms with Crippen LogP contribution in [-0.4, -0.2) is 68.1 Å². The lowest BCUT2D eigenvalue weighted by Gasteiger charge is -2.35. The summed E-state index contributed by atoms with van der Waals surface area (Å²) in [7, 11) is 1.64. The number of rotatable bonds is 5. The van der Waals surface area contributed by atoms with Crippen LogP contribution < -0.4 is 4.74 Å². The quantitative estimate of drug-likeness (QED) is 0.708. The van der Waals surface area contributed by atoms with E-state index in [1.807, 2.05) is 28.0 Å². The van der Waals surface area contributed by atoms with E-state index < -0.39 is 0 Å². The van der Waals surface area contributed by atoms with Crippen molar-refractivity contribution in [2.45, 2.75) is 25.7 Å². The van der Waals surface area contributed by atoms with Gasteiger partial charge >= 0.3 is 0 Å². The minimum atomic E-state index is 0.0460. The monoisotopic (exact) mass is 438 g/mol. The summed E-state index contributed by atoms with van der Waals surface area (Å²) in [5.74, 6) is 1.23. The molecular weight excluding hydrogens is 412 g/mol. The molecule has 2 aliphatic heterocycles. The Hall–Kier alpha value is -1.60. The second-order valence-electron chi connectivity index (χ2n) is 7.06. The molecule has 6 nitrogen and oxygen atoms in total. The van der Waals surface area contributed by atoms with Gasteiger partial charge in [-0.3, -0.25) is 9.59 Å². The maximum absolute atomic E-state index is 12.6. The molecule has 0 saturated carbocycles. The van der Waals surface area contributed by atoms with Crippen molar-refractivity contribution in [2.24, 2.45) is 5.92 Å². The number of amides is 2. The minimum Gasteiger partial charge on any atom is -0.496 e. The third-order valence-corrected chi connectivity index (χ3v) is 5.98. The average molecular weight is 439 g/mol. The lowest BCUT2D eigenvalue weighted by molar-refractivity contribution is -0.143. The van der Waals surface area contributed by atoms with Crippen LogP contribution in [0, 0.1) is 5.92 Å². The van der Waals surface area contributed by atoms with Gasteiger partial charge in [0.05, 0.1) is 24.8 Å². The smallest absolute Gasteiger partial charge is 0.225 e. The Morgan fingerprint density at radius 2 is 1.85 bits per heavy atom. The van der Waals surface area contributed by atoms with Crippen LogP contribution in [0.15, 0.2) is 22.7 Å². The van der Waals surface area contributed by atoms with Gasteiger partial charge in [-0.25, -0.2) is 0 Å². The fraction of sp³-hybridized carbons (Fsp3) is 0.600. The Morgan fingerprint density at radius 1 is 1.15 bits per heavy atom. The molecule has 2 saturated heterocycles. The maximum Gasteiger partial charge on any atom is 0.225 e. The topological polar surface area (TPSA) is 59.1 Å². The van der Waals surface area contributed by atoms with Gasteiger partial charge in [-0.15, -0.1) is 0 Å². The average Bonchev–Trinajstić information content (AvgIpc) is 2.72. The number of ether oxygens (including phenoxy) is 2. The molecule has 0 N–H and O–H groups in total. The van der Waals surface area contributed by atoms with Crippen LogP contribution in [0.1, 0.15) is 24.8 Å². The Bertz CT molecular complexity index is 668. The van der Waals surface area contributed by atoms with Gasteiger partial charge in [0.1, 0.15) is 5.75 Å². The van der Waals surface area contributed by atoms with Crippen LogP contribution in [0.25, 0.3) is 0 Å². The number of likely N-dealkylation sites (tertiary alicyclic amines) is 1. The lowest BCUT2D eigenvalue weighted by Crippen LogP contribution is -2.47. The summed E-state index contributed by atoms with van der Waals surface area (Å²) in [6, 6.07) is 5.90. The molecule has 1 aromatic rings. The van der Waals surface area contributed by atoms with E-state index in [1.54, 1.807) is 7.11 Å². The minimum absolute atomic E-state index is 0.0460. The third-order valence-electron chi connectivity index (χ3n) is 5.36. The number of carbonyl (C=O) groups excluding carboxylic acids is 2. The first-order valence-electron chi connectivity index (χ1n) is 9.55. The van der Waals surface area contributed by atoms with Crippen molar-refractivity contribution >= 4 is 27.7 Å². The SMILES string of the molecule is COc1ccc(CCC(=O)N2CCC(C(=O)N3CCOCC3)CC2)cc1Br. The molecule has 27 heavy (non-hydrogen) atoms. The lowest BCUT2D eigenvalue weighted by atomic mass is 9.94. The standard InChI is InChI=1S/C20H27BrN2O4/c1-26-18-4-2-15(14-17(18)21)3-5-19(24)22-8-6-16(7-9-22)20(25)23-10-12-27-13-11-23/h2,4,14,16H,3,5-13H2,1H3. The zero-order valence-corrected chi connectivity index (χ0v) is 17.4. The molecule has 2 fully saturated rings. The van der Waals surface area contributed by atoms with Gasteiger partial charge in [0.25, 0.3) is 0 Å². The summed E-state index contributed by atoms with van der Waals surface area (Å²) in [6.45, 7) is 3.98. The van der Waals surface area contributed by atoms with E-state index in [9.17, 15) is 9.59 Å². The fourth-order valence-corrected chi connectivity index (χ4v) is 4.28. The van der Waals surface area contributed by atoms with Crippen molar-refractivity contribution in [1.29, 1.82) is 0 Å². The Morgan fingerprint density at radius 3 is 2.48 bits per heavy atom. The highest BCUT2D eigenvalue weighted by molar-refractivity contribution is 9.10. The molecule has 2 aliphatic rings. The summed E-state index contributed by atoms with van der Waals surface area (Å²) in [6.07, 6.45) is 2.71. The summed E-state index contributed by atoms with van der Waals surface area (Å²) >= 11 is 3.48.